The van der Waals surface area contributed by atoms with Gasteiger partial charge in [0.1, 0.15) is 5.75 Å². The maximum absolute atomic E-state index is 15.6. The van der Waals surface area contributed by atoms with Gasteiger partial charge in [0.15, 0.2) is 12.1 Å². The molecule has 2 saturated carbocycles. The number of benzene rings is 1. The molecular weight excluding hydrogens is 649 g/mol. The van der Waals surface area contributed by atoms with Gasteiger partial charge in [0.2, 0.25) is 5.91 Å². The Labute approximate surface area is 302 Å². The molecule has 6 unspecified atom stereocenters. The number of methoxy groups -OCH3 is 1. The number of fused-ring (bicyclic) bond motifs is 2. The number of Topliss-reactive ketones (excluding diaryl/α,β-unsaturated/α-hetero) is 1. The third kappa shape index (κ3) is 7.01. The average molecular weight is 705 g/mol. The summed E-state index contributed by atoms with van der Waals surface area (Å²) in [5.74, 6) is 1.15. The first-order valence-corrected chi connectivity index (χ1v) is 20.0. The molecule has 5 fully saturated rings. The Bertz CT molecular complexity index is 1450. The fraction of sp³-hybridized carbons (Fsp3) is 0.718. The molecule has 1 amide bonds. The molecule has 7 atom stereocenters. The van der Waals surface area contributed by atoms with Crippen molar-refractivity contribution in [2.75, 3.05) is 46.9 Å². The minimum absolute atomic E-state index is 0.0714. The van der Waals surface area contributed by atoms with Crippen molar-refractivity contribution in [1.82, 2.24) is 24.9 Å². The number of thioether (sulfide) groups is 1. The molecule has 1 aromatic rings. The van der Waals surface area contributed by atoms with Gasteiger partial charge in [-0.05, 0) is 88.7 Å². The zero-order valence-corrected chi connectivity index (χ0v) is 30.9. The van der Waals surface area contributed by atoms with E-state index in [1.807, 2.05) is 6.07 Å². The minimum atomic E-state index is -0.486. The summed E-state index contributed by atoms with van der Waals surface area (Å²) in [7, 11) is 3.90. The number of ketones is 1. The second kappa shape index (κ2) is 15.6. The number of piperazine rings is 1. The molecule has 6 aliphatic rings. The number of aryl methyl sites for hydroxylation is 1. The lowest BCUT2D eigenvalue weighted by Gasteiger charge is -2.59. The first-order chi connectivity index (χ1) is 24.4. The van der Waals surface area contributed by atoms with Crippen LogP contribution < -0.4 is 10.1 Å². The highest BCUT2D eigenvalue weighted by atomic mass is 32.2. The molecular formula is C39H56N6O4S. The molecule has 1 N–H and O–H groups in total. The van der Waals surface area contributed by atoms with Crippen molar-refractivity contribution in [1.29, 1.82) is 5.26 Å². The summed E-state index contributed by atoms with van der Waals surface area (Å²) in [5, 5.41) is 13.8. The smallest absolute Gasteiger partial charge is 0.246 e. The molecule has 2 aliphatic carbocycles. The lowest BCUT2D eigenvalue weighted by atomic mass is 9.70. The number of ether oxygens (including phenoxy) is 2. The third-order valence-electron chi connectivity index (χ3n) is 12.7. The number of carbonyl (C=O) groups is 2. The topological polar surface area (TPSA) is 101 Å². The fourth-order valence-corrected chi connectivity index (χ4v) is 11.5. The predicted octanol–water partition coefficient (Wildman–Crippen LogP) is 4.78. The van der Waals surface area contributed by atoms with Gasteiger partial charge in [-0.15, -0.1) is 11.8 Å². The van der Waals surface area contributed by atoms with Crippen molar-refractivity contribution >= 4 is 23.5 Å². The molecule has 1 aromatic carbocycles. The van der Waals surface area contributed by atoms with Crippen LogP contribution in [0.5, 0.6) is 5.75 Å². The Morgan fingerprint density at radius 1 is 1.10 bits per heavy atom. The number of hydrogen-bond donors (Lipinski definition) is 1. The summed E-state index contributed by atoms with van der Waals surface area (Å²) in [6.07, 6.45) is 13.9. The van der Waals surface area contributed by atoms with E-state index >= 15 is 4.79 Å². The van der Waals surface area contributed by atoms with Crippen LogP contribution in [0.3, 0.4) is 0 Å². The van der Waals surface area contributed by atoms with Gasteiger partial charge in [-0.2, -0.15) is 5.26 Å². The van der Waals surface area contributed by atoms with E-state index in [0.29, 0.717) is 38.1 Å². The zero-order valence-electron chi connectivity index (χ0n) is 30.1. The second-order valence-corrected chi connectivity index (χ2v) is 16.9. The number of amides is 1. The summed E-state index contributed by atoms with van der Waals surface area (Å²) in [4.78, 5) is 38.7. The largest absolute Gasteiger partial charge is 0.497 e. The van der Waals surface area contributed by atoms with Crippen LogP contribution in [-0.2, 0) is 20.7 Å². The van der Waals surface area contributed by atoms with E-state index in [1.54, 1.807) is 23.8 Å². The van der Waals surface area contributed by atoms with E-state index in [0.717, 1.165) is 57.2 Å². The Hall–Kier alpha value is -2.46. The lowest BCUT2D eigenvalue weighted by Crippen LogP contribution is -2.77. The molecule has 0 bridgehead atoms. The summed E-state index contributed by atoms with van der Waals surface area (Å²) >= 11 is 1.78. The monoisotopic (exact) mass is 704 g/mol. The Kier molecular flexibility index (Phi) is 11.2. The van der Waals surface area contributed by atoms with Gasteiger partial charge in [0.25, 0.3) is 0 Å². The second-order valence-electron chi connectivity index (χ2n) is 15.5. The molecule has 272 valence electrons. The highest BCUT2D eigenvalue weighted by Gasteiger charge is 2.59. The molecule has 10 nitrogen and oxygen atoms in total. The fourth-order valence-electron chi connectivity index (χ4n) is 9.94. The highest BCUT2D eigenvalue weighted by molar-refractivity contribution is 8.01. The van der Waals surface area contributed by atoms with E-state index in [1.165, 1.54) is 48.6 Å². The quantitative estimate of drug-likeness (QED) is 0.301. The summed E-state index contributed by atoms with van der Waals surface area (Å²) in [5.41, 5.74) is 1.30. The van der Waals surface area contributed by atoms with Crippen molar-refractivity contribution in [3.05, 3.63) is 36.4 Å². The van der Waals surface area contributed by atoms with Gasteiger partial charge in [0.05, 0.1) is 49.2 Å². The number of nitriles is 1. The van der Waals surface area contributed by atoms with E-state index < -0.39 is 4.75 Å². The van der Waals surface area contributed by atoms with Crippen LogP contribution >= 0.6 is 11.8 Å². The molecule has 4 heterocycles. The first kappa shape index (κ1) is 35.9. The number of likely N-dealkylation sites (tertiary alicyclic amines) is 1. The Balaban J connectivity index is 1.24. The number of likely N-dealkylation sites (N-methyl/N-ethyl adjacent to an activating group) is 1. The van der Waals surface area contributed by atoms with E-state index in [9.17, 15) is 10.1 Å². The van der Waals surface area contributed by atoms with Crippen molar-refractivity contribution in [3.63, 3.8) is 0 Å². The first-order valence-electron chi connectivity index (χ1n) is 19.2. The normalized spacial score (nSPS) is 34.5. The van der Waals surface area contributed by atoms with Gasteiger partial charge < -0.3 is 19.3 Å². The molecule has 0 aromatic heterocycles. The van der Waals surface area contributed by atoms with Gasteiger partial charge >= 0.3 is 0 Å². The maximum Gasteiger partial charge on any atom is 0.246 e. The van der Waals surface area contributed by atoms with Crippen LogP contribution in [0, 0.1) is 17.2 Å². The lowest BCUT2D eigenvalue weighted by molar-refractivity contribution is -0.200. The van der Waals surface area contributed by atoms with Crippen LogP contribution in [0.1, 0.15) is 82.6 Å². The number of rotatable bonds is 8. The Morgan fingerprint density at radius 2 is 1.92 bits per heavy atom. The molecule has 0 radical (unpaired) electrons. The van der Waals surface area contributed by atoms with E-state index in [2.05, 4.69) is 51.8 Å². The number of nitrogens with one attached hydrogen (secondary N) is 1. The van der Waals surface area contributed by atoms with E-state index in [-0.39, 0.29) is 48.9 Å². The van der Waals surface area contributed by atoms with Crippen LogP contribution in [0.25, 0.3) is 0 Å². The van der Waals surface area contributed by atoms with Gasteiger partial charge in [-0.3, -0.25) is 24.7 Å². The zero-order chi connectivity index (χ0) is 34.8. The average Bonchev–Trinajstić information content (AvgIpc) is 3.36. The molecule has 50 heavy (non-hydrogen) atoms. The predicted molar refractivity (Wildman–Crippen MR) is 195 cm³/mol. The SMILES string of the molecule is C=CC(=O)N1CCN(C2NC(OCC3CCCN3C)N(C3CCCCCC3)C3C(=O)[C@]4(CCc5ccc(OC)cc5S4)CCC23)CC1CC#N. The summed E-state index contributed by atoms with van der Waals surface area (Å²) in [6.45, 7) is 7.22. The molecule has 7 rings (SSSR count). The van der Waals surface area contributed by atoms with Gasteiger partial charge in [0, 0.05) is 42.5 Å². The molecule has 3 saturated heterocycles. The van der Waals surface area contributed by atoms with Crippen molar-refractivity contribution in [3.8, 4) is 11.8 Å². The minimum Gasteiger partial charge on any atom is -0.497 e. The van der Waals surface area contributed by atoms with Gasteiger partial charge in [-0.25, -0.2) is 0 Å². The highest BCUT2D eigenvalue weighted by Crippen LogP contribution is 2.53. The number of hydrogen-bond acceptors (Lipinski definition) is 10. The van der Waals surface area contributed by atoms with Crippen LogP contribution in [0.4, 0.5) is 0 Å². The number of carbonyl (C=O) groups excluding carboxylic acids is 2. The molecule has 4 aliphatic heterocycles. The summed E-state index contributed by atoms with van der Waals surface area (Å²) < 4.78 is 12.1. The van der Waals surface area contributed by atoms with Crippen LogP contribution in [0.2, 0.25) is 0 Å². The Morgan fingerprint density at radius 3 is 2.64 bits per heavy atom. The maximum atomic E-state index is 15.6. The molecule has 11 heteroatoms. The van der Waals surface area contributed by atoms with Crippen LogP contribution in [-0.4, -0.2) is 120 Å². The van der Waals surface area contributed by atoms with Crippen molar-refractivity contribution in [2.45, 2.75) is 130 Å². The third-order valence-corrected chi connectivity index (χ3v) is 14.4. The molecule has 1 spiro atoms. The van der Waals surface area contributed by atoms with Gasteiger partial charge in [-0.1, -0.05) is 38.3 Å². The van der Waals surface area contributed by atoms with E-state index in [4.69, 9.17) is 9.47 Å². The number of nitrogens with zero attached hydrogens (tertiary/aromatic N) is 5. The van der Waals surface area contributed by atoms with Crippen molar-refractivity contribution in [2.24, 2.45) is 5.92 Å². The van der Waals surface area contributed by atoms with Crippen LogP contribution in [0.15, 0.2) is 35.7 Å². The standard InChI is InChI=1S/C39H56N6O4S/c1-4-34(46)44-23-22-43(25-29(44)17-20-40)37-32-16-19-39(18-15-27-13-14-31(48-3)24-33(27)50-39)36(47)35(32)45(28-10-7-5-6-8-11-28)38(41-37)49-26-30-12-9-21-42(30)2/h4,13-14,24,28-30,32,35,37-38,41H,1,5-12,15-19,21-23,25-26H2,2-3H3/t29?,30?,32?,35?,37?,38?,39-/m0/s1. The van der Waals surface area contributed by atoms with Crippen molar-refractivity contribution < 1.29 is 19.1 Å². The summed E-state index contributed by atoms with van der Waals surface area (Å²) in [6, 6.07) is 8.80.